The quantitative estimate of drug-likeness (QED) is 0.469. The summed E-state index contributed by atoms with van der Waals surface area (Å²) in [4.78, 5) is 44.0. The summed E-state index contributed by atoms with van der Waals surface area (Å²) in [6.45, 7) is 4.03. The van der Waals surface area contributed by atoms with Crippen LogP contribution in [0.3, 0.4) is 0 Å². The van der Waals surface area contributed by atoms with Crippen molar-refractivity contribution in [3.8, 4) is 0 Å². The number of fused-ring (bicyclic) bond motifs is 2. The Bertz CT molecular complexity index is 1370. The van der Waals surface area contributed by atoms with Crippen LogP contribution in [-0.2, 0) is 0 Å². The van der Waals surface area contributed by atoms with E-state index in [2.05, 4.69) is 10.3 Å². The Morgan fingerprint density at radius 3 is 2.35 bits per heavy atom. The van der Waals surface area contributed by atoms with Gasteiger partial charge in [-0.3, -0.25) is 19.7 Å². The highest BCUT2D eigenvalue weighted by atomic mass is 32.1. The van der Waals surface area contributed by atoms with Crippen LogP contribution < -0.4 is 10.2 Å². The van der Waals surface area contributed by atoms with Crippen LogP contribution in [0, 0.1) is 13.8 Å². The molecule has 0 atom stereocenters. The molecule has 0 saturated carbocycles. The van der Waals surface area contributed by atoms with Crippen molar-refractivity contribution in [2.24, 2.45) is 0 Å². The van der Waals surface area contributed by atoms with Gasteiger partial charge in [-0.15, -0.1) is 0 Å². The molecule has 0 unspecified atom stereocenters. The van der Waals surface area contributed by atoms with Crippen molar-refractivity contribution >= 4 is 50.1 Å². The van der Waals surface area contributed by atoms with Crippen molar-refractivity contribution in [2.45, 2.75) is 13.8 Å². The van der Waals surface area contributed by atoms with Gasteiger partial charge in [0.25, 0.3) is 17.7 Å². The zero-order chi connectivity index (χ0) is 21.7. The molecule has 0 spiro atoms. The van der Waals surface area contributed by atoms with E-state index >= 15 is 0 Å². The molecule has 2 heterocycles. The van der Waals surface area contributed by atoms with E-state index in [1.807, 2.05) is 26.0 Å². The Kier molecular flexibility index (Phi) is 4.41. The summed E-state index contributed by atoms with van der Waals surface area (Å²) in [5.74, 6) is -1.14. The number of amides is 3. The van der Waals surface area contributed by atoms with Gasteiger partial charge in [0.15, 0.2) is 5.13 Å². The lowest BCUT2D eigenvalue weighted by Gasteiger charge is -2.14. The van der Waals surface area contributed by atoms with Gasteiger partial charge in [0.1, 0.15) is 0 Å². The van der Waals surface area contributed by atoms with Crippen LogP contribution in [0.15, 0.2) is 60.7 Å². The number of rotatable bonds is 3. The van der Waals surface area contributed by atoms with Crippen molar-refractivity contribution in [3.63, 3.8) is 0 Å². The number of benzene rings is 3. The zero-order valence-electron chi connectivity index (χ0n) is 16.8. The van der Waals surface area contributed by atoms with E-state index in [4.69, 9.17) is 0 Å². The fourth-order valence-electron chi connectivity index (χ4n) is 3.66. The molecule has 3 amide bonds. The molecule has 0 fully saturated rings. The summed E-state index contributed by atoms with van der Waals surface area (Å²) < 4.78 is 0.998. The van der Waals surface area contributed by atoms with Crippen molar-refractivity contribution in [3.05, 3.63) is 88.5 Å². The molecule has 6 nitrogen and oxygen atoms in total. The van der Waals surface area contributed by atoms with Crippen LogP contribution in [0.5, 0.6) is 0 Å². The Balaban J connectivity index is 1.43. The maximum atomic E-state index is 12.9. The third-order valence-corrected chi connectivity index (χ3v) is 6.40. The van der Waals surface area contributed by atoms with E-state index in [0.29, 0.717) is 27.5 Å². The number of carbonyl (C=O) groups is 3. The Hall–Kier alpha value is -3.84. The summed E-state index contributed by atoms with van der Waals surface area (Å²) in [6.07, 6.45) is 0. The summed E-state index contributed by atoms with van der Waals surface area (Å²) in [6, 6.07) is 17.2. The van der Waals surface area contributed by atoms with E-state index in [0.717, 1.165) is 26.2 Å². The number of aromatic nitrogens is 1. The average Bonchev–Trinajstić information content (AvgIpc) is 3.30. The molecule has 0 aliphatic carbocycles. The van der Waals surface area contributed by atoms with Gasteiger partial charge in [-0.25, -0.2) is 9.88 Å². The summed E-state index contributed by atoms with van der Waals surface area (Å²) in [7, 11) is 0. The van der Waals surface area contributed by atoms with Gasteiger partial charge in [0, 0.05) is 5.56 Å². The third kappa shape index (κ3) is 3.10. The minimum atomic E-state index is -0.393. The Labute approximate surface area is 182 Å². The highest BCUT2D eigenvalue weighted by Gasteiger charge is 2.36. The molecule has 1 aliphatic heterocycles. The molecular weight excluding hydrogens is 410 g/mol. The molecule has 1 N–H and O–H groups in total. The summed E-state index contributed by atoms with van der Waals surface area (Å²) >= 11 is 1.40. The number of thiazole rings is 1. The molecule has 3 aromatic carbocycles. The molecule has 152 valence electrons. The number of hydrogen-bond donors (Lipinski definition) is 1. The lowest BCUT2D eigenvalue weighted by atomic mass is 10.1. The topological polar surface area (TPSA) is 79.4 Å². The Morgan fingerprint density at radius 1 is 0.935 bits per heavy atom. The minimum Gasteiger partial charge on any atom is -0.298 e. The number of aryl methyl sites for hydroxylation is 2. The molecule has 1 aromatic heterocycles. The summed E-state index contributed by atoms with van der Waals surface area (Å²) in [5.41, 5.74) is 4.52. The van der Waals surface area contributed by atoms with Crippen molar-refractivity contribution < 1.29 is 14.4 Å². The second-order valence-electron chi connectivity index (χ2n) is 7.37. The van der Waals surface area contributed by atoms with Crippen LogP contribution >= 0.6 is 11.3 Å². The second kappa shape index (κ2) is 7.14. The lowest BCUT2D eigenvalue weighted by molar-refractivity contribution is 0.0924. The standard InChI is InChI=1S/C24H17N3O3S/c1-13-10-11-19-20(14(13)2)25-24(31-19)26-21(28)15-6-5-7-16(12-15)27-22(29)17-8-3-4-9-18(17)23(27)30/h3-12H,1-2H3,(H,25,26,28). The largest absolute Gasteiger partial charge is 0.298 e. The first-order valence-corrected chi connectivity index (χ1v) is 10.5. The van der Waals surface area contributed by atoms with Gasteiger partial charge in [-0.1, -0.05) is 35.6 Å². The number of imide groups is 1. The maximum Gasteiger partial charge on any atom is 0.266 e. The van der Waals surface area contributed by atoms with Gasteiger partial charge >= 0.3 is 0 Å². The first-order chi connectivity index (χ1) is 14.9. The smallest absolute Gasteiger partial charge is 0.266 e. The second-order valence-corrected chi connectivity index (χ2v) is 8.40. The third-order valence-electron chi connectivity index (χ3n) is 5.47. The molecule has 1 aliphatic rings. The predicted molar refractivity (Wildman–Crippen MR) is 121 cm³/mol. The lowest BCUT2D eigenvalue weighted by Crippen LogP contribution is -2.29. The highest BCUT2D eigenvalue weighted by Crippen LogP contribution is 2.31. The van der Waals surface area contributed by atoms with Crippen LogP contribution in [0.2, 0.25) is 0 Å². The Morgan fingerprint density at radius 2 is 1.65 bits per heavy atom. The summed E-state index contributed by atoms with van der Waals surface area (Å²) in [5, 5.41) is 3.33. The van der Waals surface area contributed by atoms with Gasteiger partial charge < -0.3 is 0 Å². The van der Waals surface area contributed by atoms with Gasteiger partial charge in [0.05, 0.1) is 27.0 Å². The van der Waals surface area contributed by atoms with Crippen LogP contribution in [0.25, 0.3) is 10.2 Å². The van der Waals surface area contributed by atoms with Crippen molar-refractivity contribution in [1.82, 2.24) is 4.98 Å². The maximum absolute atomic E-state index is 12.9. The number of carbonyl (C=O) groups excluding carboxylic acids is 3. The average molecular weight is 427 g/mol. The van der Waals surface area contributed by atoms with E-state index in [9.17, 15) is 14.4 Å². The van der Waals surface area contributed by atoms with E-state index in [1.54, 1.807) is 48.5 Å². The number of nitrogens with zero attached hydrogens (tertiary/aromatic N) is 2. The molecule has 31 heavy (non-hydrogen) atoms. The van der Waals surface area contributed by atoms with E-state index in [1.165, 1.54) is 11.3 Å². The molecule has 7 heteroatoms. The van der Waals surface area contributed by atoms with Crippen LogP contribution in [-0.4, -0.2) is 22.7 Å². The highest BCUT2D eigenvalue weighted by molar-refractivity contribution is 7.22. The van der Waals surface area contributed by atoms with Crippen molar-refractivity contribution in [2.75, 3.05) is 10.2 Å². The monoisotopic (exact) mass is 427 g/mol. The minimum absolute atomic E-state index is 0.334. The van der Waals surface area contributed by atoms with E-state index < -0.39 is 11.8 Å². The SMILES string of the molecule is Cc1ccc2sc(NC(=O)c3cccc(N4C(=O)c5ccccc5C4=O)c3)nc2c1C. The van der Waals surface area contributed by atoms with Crippen LogP contribution in [0.4, 0.5) is 10.8 Å². The molecular formula is C24H17N3O3S. The zero-order valence-corrected chi connectivity index (χ0v) is 17.6. The molecule has 0 bridgehead atoms. The first kappa shape index (κ1) is 19.1. The molecule has 5 rings (SSSR count). The fraction of sp³-hybridized carbons (Fsp3) is 0.0833. The normalized spacial score (nSPS) is 13.0. The molecule has 0 radical (unpaired) electrons. The van der Waals surface area contributed by atoms with Crippen LogP contribution in [0.1, 0.15) is 42.2 Å². The number of anilines is 2. The van der Waals surface area contributed by atoms with Crippen molar-refractivity contribution in [1.29, 1.82) is 0 Å². The molecule has 4 aromatic rings. The number of nitrogens with one attached hydrogen (secondary N) is 1. The first-order valence-electron chi connectivity index (χ1n) is 9.70. The van der Waals surface area contributed by atoms with Gasteiger partial charge in [0.2, 0.25) is 0 Å². The number of hydrogen-bond acceptors (Lipinski definition) is 5. The van der Waals surface area contributed by atoms with E-state index in [-0.39, 0.29) is 5.91 Å². The van der Waals surface area contributed by atoms with Gasteiger partial charge in [-0.2, -0.15) is 0 Å². The van der Waals surface area contributed by atoms with Gasteiger partial charge in [-0.05, 0) is 61.4 Å². The predicted octanol–water partition coefficient (Wildman–Crippen LogP) is 4.97. The molecule has 0 saturated heterocycles. The fourth-order valence-corrected chi connectivity index (χ4v) is 4.58.